The van der Waals surface area contributed by atoms with E-state index in [0.29, 0.717) is 34.5 Å². The van der Waals surface area contributed by atoms with Gasteiger partial charge in [0, 0.05) is 24.8 Å². The number of hydrogen-bond donors (Lipinski definition) is 1. The summed E-state index contributed by atoms with van der Waals surface area (Å²) in [5.74, 6) is 0.166. The summed E-state index contributed by atoms with van der Waals surface area (Å²) in [4.78, 5) is 19.1. The van der Waals surface area contributed by atoms with Crippen LogP contribution in [0.5, 0.6) is 5.75 Å². The first kappa shape index (κ1) is 17.0. The number of hydrogen-bond acceptors (Lipinski definition) is 5. The third-order valence-electron chi connectivity index (χ3n) is 4.20. The molecule has 0 spiro atoms. The van der Waals surface area contributed by atoms with Gasteiger partial charge in [0.15, 0.2) is 0 Å². The van der Waals surface area contributed by atoms with Crippen LogP contribution in [0.3, 0.4) is 0 Å². The lowest BCUT2D eigenvalue weighted by molar-refractivity contribution is 0.0786. The Kier molecular flexibility index (Phi) is 4.44. The number of carbonyl (C=O) groups is 1. The molecular formula is C19H21N3O3. The summed E-state index contributed by atoms with van der Waals surface area (Å²) in [6.07, 6.45) is 0. The number of rotatable bonds is 4. The van der Waals surface area contributed by atoms with Crippen LogP contribution >= 0.6 is 0 Å². The first-order chi connectivity index (χ1) is 11.9. The van der Waals surface area contributed by atoms with Crippen LogP contribution in [0.4, 0.5) is 0 Å². The van der Waals surface area contributed by atoms with Crippen molar-refractivity contribution in [3.8, 4) is 5.75 Å². The lowest BCUT2D eigenvalue weighted by Gasteiger charge is -2.19. The van der Waals surface area contributed by atoms with E-state index in [1.807, 2.05) is 19.9 Å². The standard InChI is InChI=1S/C19H21N3O3/c1-11(2)15-9-14(17-12(3)21-25-18(17)20-15)19(24)22(4)10-13-7-5-6-8-16(13)23/h5-9,11,23H,10H2,1-4H3. The van der Waals surface area contributed by atoms with Gasteiger partial charge < -0.3 is 14.5 Å². The van der Waals surface area contributed by atoms with Gasteiger partial charge in [0.05, 0.1) is 16.6 Å². The molecule has 6 nitrogen and oxygen atoms in total. The minimum absolute atomic E-state index is 0.157. The molecule has 1 aromatic carbocycles. The second-order valence-corrected chi connectivity index (χ2v) is 6.49. The van der Waals surface area contributed by atoms with Crippen LogP contribution in [0.2, 0.25) is 0 Å². The van der Waals surface area contributed by atoms with Crippen LogP contribution in [0.1, 0.15) is 47.1 Å². The largest absolute Gasteiger partial charge is 0.508 e. The van der Waals surface area contributed by atoms with E-state index in [2.05, 4.69) is 10.1 Å². The first-order valence-electron chi connectivity index (χ1n) is 8.17. The number of aryl methyl sites for hydroxylation is 1. The molecule has 0 aliphatic carbocycles. The van der Waals surface area contributed by atoms with Gasteiger partial charge in [-0.25, -0.2) is 4.98 Å². The van der Waals surface area contributed by atoms with Crippen LogP contribution in [-0.2, 0) is 6.54 Å². The van der Waals surface area contributed by atoms with Crippen LogP contribution in [0.15, 0.2) is 34.9 Å². The summed E-state index contributed by atoms with van der Waals surface area (Å²) < 4.78 is 5.28. The van der Waals surface area contributed by atoms with E-state index in [9.17, 15) is 9.90 Å². The molecular weight excluding hydrogens is 318 g/mol. The fraction of sp³-hybridized carbons (Fsp3) is 0.316. The monoisotopic (exact) mass is 339 g/mol. The van der Waals surface area contributed by atoms with Gasteiger partial charge in [-0.1, -0.05) is 37.2 Å². The molecule has 1 amide bonds. The quantitative estimate of drug-likeness (QED) is 0.785. The zero-order chi connectivity index (χ0) is 18.1. The SMILES string of the molecule is Cc1noc2nc(C(C)C)cc(C(=O)N(C)Cc3ccccc3O)c12. The maximum Gasteiger partial charge on any atom is 0.259 e. The molecule has 0 aliphatic heterocycles. The summed E-state index contributed by atoms with van der Waals surface area (Å²) in [6.45, 7) is 6.12. The van der Waals surface area contributed by atoms with E-state index in [1.54, 1.807) is 43.1 Å². The highest BCUT2D eigenvalue weighted by atomic mass is 16.5. The van der Waals surface area contributed by atoms with Crippen molar-refractivity contribution in [2.75, 3.05) is 7.05 Å². The third-order valence-corrected chi connectivity index (χ3v) is 4.20. The number of pyridine rings is 1. The Morgan fingerprint density at radius 3 is 2.72 bits per heavy atom. The molecule has 3 rings (SSSR count). The fourth-order valence-electron chi connectivity index (χ4n) is 2.76. The van der Waals surface area contributed by atoms with Crippen molar-refractivity contribution in [1.82, 2.24) is 15.0 Å². The van der Waals surface area contributed by atoms with Gasteiger partial charge in [-0.2, -0.15) is 0 Å². The molecule has 130 valence electrons. The summed E-state index contributed by atoms with van der Waals surface area (Å²) >= 11 is 0. The van der Waals surface area contributed by atoms with Crippen molar-refractivity contribution in [2.45, 2.75) is 33.2 Å². The van der Waals surface area contributed by atoms with Gasteiger partial charge in [-0.15, -0.1) is 0 Å². The molecule has 0 atom stereocenters. The fourth-order valence-corrected chi connectivity index (χ4v) is 2.76. The van der Waals surface area contributed by atoms with Gasteiger partial charge in [-0.3, -0.25) is 4.79 Å². The molecule has 0 saturated carbocycles. The number of nitrogens with zero attached hydrogens (tertiary/aromatic N) is 3. The van der Waals surface area contributed by atoms with Crippen LogP contribution < -0.4 is 0 Å². The van der Waals surface area contributed by atoms with Crippen molar-refractivity contribution in [2.24, 2.45) is 0 Å². The van der Waals surface area contributed by atoms with Gasteiger partial charge in [0.25, 0.3) is 11.6 Å². The predicted octanol–water partition coefficient (Wildman–Crippen LogP) is 3.63. The maximum absolute atomic E-state index is 13.0. The molecule has 0 saturated heterocycles. The van der Waals surface area contributed by atoms with E-state index in [-0.39, 0.29) is 17.6 Å². The summed E-state index contributed by atoms with van der Waals surface area (Å²) in [6, 6.07) is 8.80. The van der Waals surface area contributed by atoms with Crippen molar-refractivity contribution in [3.05, 3.63) is 52.8 Å². The average Bonchev–Trinajstić information content (AvgIpc) is 2.96. The first-order valence-corrected chi connectivity index (χ1v) is 8.17. The number of fused-ring (bicyclic) bond motifs is 1. The molecule has 2 heterocycles. The minimum Gasteiger partial charge on any atom is -0.508 e. The second-order valence-electron chi connectivity index (χ2n) is 6.49. The number of phenolic OH excluding ortho intramolecular Hbond substituents is 1. The molecule has 2 aromatic heterocycles. The zero-order valence-corrected chi connectivity index (χ0v) is 14.8. The van der Waals surface area contributed by atoms with Crippen molar-refractivity contribution in [3.63, 3.8) is 0 Å². The highest BCUT2D eigenvalue weighted by Crippen LogP contribution is 2.27. The number of amides is 1. The maximum atomic E-state index is 13.0. The van der Waals surface area contributed by atoms with E-state index >= 15 is 0 Å². The second kappa shape index (κ2) is 6.55. The van der Waals surface area contributed by atoms with Crippen molar-refractivity contribution >= 4 is 17.0 Å². The molecule has 25 heavy (non-hydrogen) atoms. The Balaban J connectivity index is 2.01. The van der Waals surface area contributed by atoms with Gasteiger partial charge in [0.2, 0.25) is 0 Å². The average molecular weight is 339 g/mol. The zero-order valence-electron chi connectivity index (χ0n) is 14.8. The van der Waals surface area contributed by atoms with E-state index in [0.717, 1.165) is 5.69 Å². The molecule has 0 fully saturated rings. The Morgan fingerprint density at radius 1 is 1.32 bits per heavy atom. The Labute approximate surface area is 146 Å². The Bertz CT molecular complexity index is 931. The highest BCUT2D eigenvalue weighted by molar-refractivity contribution is 6.05. The van der Waals surface area contributed by atoms with E-state index in [1.165, 1.54) is 0 Å². The van der Waals surface area contributed by atoms with Crippen LogP contribution in [-0.4, -0.2) is 33.1 Å². The molecule has 0 aliphatic rings. The Hall–Kier alpha value is -2.89. The number of aromatic nitrogens is 2. The lowest BCUT2D eigenvalue weighted by Crippen LogP contribution is -2.26. The van der Waals surface area contributed by atoms with Crippen LogP contribution in [0, 0.1) is 6.92 Å². The van der Waals surface area contributed by atoms with E-state index in [4.69, 9.17) is 4.52 Å². The number of benzene rings is 1. The van der Waals surface area contributed by atoms with E-state index < -0.39 is 0 Å². The molecule has 1 N–H and O–H groups in total. The lowest BCUT2D eigenvalue weighted by atomic mass is 10.0. The number of carbonyl (C=O) groups excluding carboxylic acids is 1. The number of phenols is 1. The molecule has 0 unspecified atom stereocenters. The number of aromatic hydroxyl groups is 1. The minimum atomic E-state index is -0.163. The molecule has 3 aromatic rings. The Morgan fingerprint density at radius 2 is 2.04 bits per heavy atom. The summed E-state index contributed by atoms with van der Waals surface area (Å²) in [5, 5.41) is 14.5. The molecule has 0 radical (unpaired) electrons. The summed E-state index contributed by atoms with van der Waals surface area (Å²) in [7, 11) is 1.71. The van der Waals surface area contributed by atoms with Crippen molar-refractivity contribution in [1.29, 1.82) is 0 Å². The predicted molar refractivity (Wildman–Crippen MR) is 94.5 cm³/mol. The molecule has 0 bridgehead atoms. The normalized spacial score (nSPS) is 11.2. The van der Waals surface area contributed by atoms with Gasteiger partial charge in [0.1, 0.15) is 5.75 Å². The van der Waals surface area contributed by atoms with Gasteiger partial charge in [-0.05, 0) is 25.0 Å². The van der Waals surface area contributed by atoms with Gasteiger partial charge >= 0.3 is 0 Å². The van der Waals surface area contributed by atoms with Crippen LogP contribution in [0.25, 0.3) is 11.1 Å². The number of para-hydroxylation sites is 1. The van der Waals surface area contributed by atoms with Crippen molar-refractivity contribution < 1.29 is 14.4 Å². The summed E-state index contributed by atoms with van der Waals surface area (Å²) in [5.41, 5.74) is 3.00. The molecule has 6 heteroatoms. The smallest absolute Gasteiger partial charge is 0.259 e. The third kappa shape index (κ3) is 3.20. The highest BCUT2D eigenvalue weighted by Gasteiger charge is 2.22. The topological polar surface area (TPSA) is 79.5 Å².